The Morgan fingerprint density at radius 2 is 1.69 bits per heavy atom. The summed E-state index contributed by atoms with van der Waals surface area (Å²) in [4.78, 5) is 14.7. The van der Waals surface area contributed by atoms with Gasteiger partial charge in [0.15, 0.2) is 0 Å². The van der Waals surface area contributed by atoms with Crippen molar-refractivity contribution < 1.29 is 14.6 Å². The van der Waals surface area contributed by atoms with Crippen LogP contribution in [0.1, 0.15) is 10.5 Å². The number of hydrogen-bond acceptors (Lipinski definition) is 2. The van der Waals surface area contributed by atoms with E-state index in [1.807, 2.05) is 48.5 Å². The van der Waals surface area contributed by atoms with Crippen molar-refractivity contribution >= 4 is 28.5 Å². The second-order valence-corrected chi connectivity index (χ2v) is 6.25. The van der Waals surface area contributed by atoms with E-state index < -0.39 is 5.97 Å². The quantitative estimate of drug-likeness (QED) is 0.469. The second-order valence-electron chi connectivity index (χ2n) is 5.81. The first-order valence-electron chi connectivity index (χ1n) is 8.00. The summed E-state index contributed by atoms with van der Waals surface area (Å²) in [6.45, 7) is 0. The number of nitrogens with one attached hydrogen (secondary N) is 1. The van der Waals surface area contributed by atoms with Crippen molar-refractivity contribution in [3.05, 3.63) is 83.5 Å². The SMILES string of the molecule is O=C(O)c1[nH]c2ccccc2c1-c1cccc(Oc2ccc(Cl)cc2)c1. The molecule has 0 fully saturated rings. The summed E-state index contributed by atoms with van der Waals surface area (Å²) >= 11 is 5.90. The van der Waals surface area contributed by atoms with E-state index in [1.54, 1.807) is 24.3 Å². The van der Waals surface area contributed by atoms with Crippen LogP contribution >= 0.6 is 11.6 Å². The summed E-state index contributed by atoms with van der Waals surface area (Å²) < 4.78 is 5.87. The molecule has 128 valence electrons. The van der Waals surface area contributed by atoms with Gasteiger partial charge in [0, 0.05) is 21.5 Å². The molecule has 0 unspecified atom stereocenters. The number of aromatic nitrogens is 1. The van der Waals surface area contributed by atoms with E-state index in [2.05, 4.69) is 4.98 Å². The van der Waals surface area contributed by atoms with Crippen LogP contribution < -0.4 is 4.74 Å². The Kier molecular flexibility index (Phi) is 4.11. The number of aromatic amines is 1. The Labute approximate surface area is 154 Å². The lowest BCUT2D eigenvalue weighted by molar-refractivity contribution is 0.0692. The van der Waals surface area contributed by atoms with Gasteiger partial charge in [-0.2, -0.15) is 0 Å². The first-order chi connectivity index (χ1) is 12.6. The lowest BCUT2D eigenvalue weighted by atomic mass is 10.0. The lowest BCUT2D eigenvalue weighted by Crippen LogP contribution is -1.98. The molecule has 4 rings (SSSR count). The molecule has 0 bridgehead atoms. The molecule has 26 heavy (non-hydrogen) atoms. The van der Waals surface area contributed by atoms with E-state index >= 15 is 0 Å². The molecule has 0 aliphatic rings. The van der Waals surface area contributed by atoms with E-state index in [0.29, 0.717) is 22.1 Å². The fourth-order valence-corrected chi connectivity index (χ4v) is 3.08. The van der Waals surface area contributed by atoms with Crippen LogP contribution in [0, 0.1) is 0 Å². The first kappa shape index (κ1) is 16.2. The molecule has 0 amide bonds. The zero-order valence-corrected chi connectivity index (χ0v) is 14.3. The molecule has 0 saturated carbocycles. The molecular weight excluding hydrogens is 350 g/mol. The molecule has 0 radical (unpaired) electrons. The van der Waals surface area contributed by atoms with E-state index in [9.17, 15) is 9.90 Å². The van der Waals surface area contributed by atoms with Gasteiger partial charge in [0.05, 0.1) is 0 Å². The van der Waals surface area contributed by atoms with Gasteiger partial charge in [0.2, 0.25) is 0 Å². The number of ether oxygens (including phenoxy) is 1. The minimum Gasteiger partial charge on any atom is -0.477 e. The fourth-order valence-electron chi connectivity index (χ4n) is 2.96. The van der Waals surface area contributed by atoms with E-state index in [1.165, 1.54) is 0 Å². The van der Waals surface area contributed by atoms with Gasteiger partial charge in [-0.3, -0.25) is 0 Å². The van der Waals surface area contributed by atoms with Crippen LogP contribution in [-0.4, -0.2) is 16.1 Å². The van der Waals surface area contributed by atoms with Crippen LogP contribution in [0.15, 0.2) is 72.8 Å². The Balaban J connectivity index is 1.79. The van der Waals surface area contributed by atoms with Gasteiger partial charge in [-0.1, -0.05) is 41.9 Å². The van der Waals surface area contributed by atoms with Crippen molar-refractivity contribution in [1.82, 2.24) is 4.98 Å². The summed E-state index contributed by atoms with van der Waals surface area (Å²) in [5.74, 6) is 0.274. The molecule has 2 N–H and O–H groups in total. The first-order valence-corrected chi connectivity index (χ1v) is 8.37. The van der Waals surface area contributed by atoms with Gasteiger partial charge in [-0.15, -0.1) is 0 Å². The lowest BCUT2D eigenvalue weighted by Gasteiger charge is -2.08. The van der Waals surface area contributed by atoms with Crippen LogP contribution in [0.3, 0.4) is 0 Å². The largest absolute Gasteiger partial charge is 0.477 e. The van der Waals surface area contributed by atoms with Crippen molar-refractivity contribution in [2.75, 3.05) is 0 Å². The number of benzene rings is 3. The third kappa shape index (κ3) is 3.03. The minimum absolute atomic E-state index is 0.162. The molecule has 4 aromatic rings. The number of rotatable bonds is 4. The van der Waals surface area contributed by atoms with E-state index in [4.69, 9.17) is 16.3 Å². The Bertz CT molecular complexity index is 1100. The second kappa shape index (κ2) is 6.58. The summed E-state index contributed by atoms with van der Waals surface area (Å²) in [7, 11) is 0. The maximum absolute atomic E-state index is 11.7. The number of carboxylic acids is 1. The smallest absolute Gasteiger partial charge is 0.352 e. The average molecular weight is 364 g/mol. The Hall–Kier alpha value is -3.24. The van der Waals surface area contributed by atoms with Crippen LogP contribution in [0.5, 0.6) is 11.5 Å². The Morgan fingerprint density at radius 3 is 2.46 bits per heavy atom. The summed E-state index contributed by atoms with van der Waals surface area (Å²) in [6.07, 6.45) is 0. The standard InChI is InChI=1S/C21H14ClNO3/c22-14-8-10-15(11-9-14)26-16-5-3-4-13(12-16)19-17-6-1-2-7-18(17)23-20(19)21(24)25/h1-12,23H,(H,24,25). The highest BCUT2D eigenvalue weighted by atomic mass is 35.5. The maximum atomic E-state index is 11.7. The van der Waals surface area contributed by atoms with Gasteiger partial charge < -0.3 is 14.8 Å². The number of carbonyl (C=O) groups is 1. The number of H-pyrrole nitrogens is 1. The zero-order valence-electron chi connectivity index (χ0n) is 13.6. The van der Waals surface area contributed by atoms with Gasteiger partial charge in [-0.05, 0) is 48.0 Å². The number of para-hydroxylation sites is 1. The predicted octanol–water partition coefficient (Wildman–Crippen LogP) is 5.98. The van der Waals surface area contributed by atoms with Crippen LogP contribution in [-0.2, 0) is 0 Å². The molecule has 4 nitrogen and oxygen atoms in total. The van der Waals surface area contributed by atoms with Crippen molar-refractivity contribution in [2.45, 2.75) is 0 Å². The molecule has 0 atom stereocenters. The molecule has 3 aromatic carbocycles. The number of fused-ring (bicyclic) bond motifs is 1. The average Bonchev–Trinajstić information content (AvgIpc) is 3.04. The molecule has 0 aliphatic heterocycles. The van der Waals surface area contributed by atoms with Crippen LogP contribution in [0.25, 0.3) is 22.0 Å². The highest BCUT2D eigenvalue weighted by molar-refractivity contribution is 6.30. The van der Waals surface area contributed by atoms with Gasteiger partial charge in [0.1, 0.15) is 17.2 Å². The molecule has 1 heterocycles. The third-order valence-electron chi connectivity index (χ3n) is 4.09. The molecule has 0 aliphatic carbocycles. The summed E-state index contributed by atoms with van der Waals surface area (Å²) in [5.41, 5.74) is 2.36. The van der Waals surface area contributed by atoms with Crippen molar-refractivity contribution in [3.63, 3.8) is 0 Å². The number of hydrogen-bond donors (Lipinski definition) is 2. The predicted molar refractivity (Wildman–Crippen MR) is 102 cm³/mol. The monoisotopic (exact) mass is 363 g/mol. The van der Waals surface area contributed by atoms with E-state index in [0.717, 1.165) is 16.5 Å². The Morgan fingerprint density at radius 1 is 0.923 bits per heavy atom. The zero-order chi connectivity index (χ0) is 18.1. The van der Waals surface area contributed by atoms with E-state index in [-0.39, 0.29) is 5.69 Å². The van der Waals surface area contributed by atoms with Gasteiger partial charge >= 0.3 is 5.97 Å². The summed E-state index contributed by atoms with van der Waals surface area (Å²) in [5, 5.41) is 11.1. The van der Waals surface area contributed by atoms with Crippen molar-refractivity contribution in [3.8, 4) is 22.6 Å². The highest BCUT2D eigenvalue weighted by Gasteiger charge is 2.18. The fraction of sp³-hybridized carbons (Fsp3) is 0. The molecule has 1 aromatic heterocycles. The van der Waals surface area contributed by atoms with Gasteiger partial charge in [-0.25, -0.2) is 4.79 Å². The highest BCUT2D eigenvalue weighted by Crippen LogP contribution is 2.35. The molecule has 5 heteroatoms. The van der Waals surface area contributed by atoms with Crippen molar-refractivity contribution in [1.29, 1.82) is 0 Å². The number of carboxylic acid groups (broad SMARTS) is 1. The van der Waals surface area contributed by atoms with Crippen LogP contribution in [0.2, 0.25) is 5.02 Å². The van der Waals surface area contributed by atoms with Gasteiger partial charge in [0.25, 0.3) is 0 Å². The van der Waals surface area contributed by atoms with Crippen molar-refractivity contribution in [2.24, 2.45) is 0 Å². The molecule has 0 saturated heterocycles. The number of aromatic carboxylic acids is 1. The molecule has 0 spiro atoms. The maximum Gasteiger partial charge on any atom is 0.352 e. The summed E-state index contributed by atoms with van der Waals surface area (Å²) in [6, 6.07) is 22.0. The third-order valence-corrected chi connectivity index (χ3v) is 4.34. The normalized spacial score (nSPS) is 10.8. The minimum atomic E-state index is -1.000. The topological polar surface area (TPSA) is 62.3 Å². The molecular formula is C21H14ClNO3. The number of halogens is 1. The van der Waals surface area contributed by atoms with Crippen LogP contribution in [0.4, 0.5) is 0 Å².